The highest BCUT2D eigenvalue weighted by Crippen LogP contribution is 2.23. The number of aromatic nitrogens is 4. The van der Waals surface area contributed by atoms with Crippen LogP contribution in [0.5, 0.6) is 0 Å². The minimum Gasteiger partial charge on any atom is -0.445 e. The first-order valence-corrected chi connectivity index (χ1v) is 11.8. The van der Waals surface area contributed by atoms with Crippen LogP contribution in [-0.4, -0.2) is 63.5 Å². The number of hydrogen-bond acceptors (Lipinski definition) is 8. The molecule has 0 aliphatic carbocycles. The van der Waals surface area contributed by atoms with E-state index in [1.807, 2.05) is 12.1 Å². The number of carbonyl (C=O) groups is 2. The average molecular weight is 498 g/mol. The van der Waals surface area contributed by atoms with Gasteiger partial charge in [0.15, 0.2) is 5.13 Å². The minimum atomic E-state index is -0.349. The van der Waals surface area contributed by atoms with Gasteiger partial charge < -0.3 is 19.9 Å². The fourth-order valence-corrected chi connectivity index (χ4v) is 4.51. The molecule has 0 radical (unpaired) electrons. The van der Waals surface area contributed by atoms with E-state index in [-0.39, 0.29) is 18.6 Å². The summed E-state index contributed by atoms with van der Waals surface area (Å²) in [5, 5.41) is 16.4. The van der Waals surface area contributed by atoms with Gasteiger partial charge in [-0.25, -0.2) is 9.78 Å². The normalized spacial score (nSPS) is 13.8. The number of carbonyl (C=O) groups excluding carboxylic acids is 2. The van der Waals surface area contributed by atoms with Crippen LogP contribution in [-0.2, 0) is 11.3 Å². The molecule has 1 aliphatic heterocycles. The largest absolute Gasteiger partial charge is 0.445 e. The molecule has 5 rings (SSSR count). The van der Waals surface area contributed by atoms with Crippen molar-refractivity contribution in [3.63, 3.8) is 0 Å². The number of nitrogens with zero attached hydrogens (tertiary/aromatic N) is 5. The zero-order valence-electron chi connectivity index (χ0n) is 17.9. The summed E-state index contributed by atoms with van der Waals surface area (Å²) in [4.78, 5) is 33.2. The van der Waals surface area contributed by atoms with Crippen molar-refractivity contribution < 1.29 is 14.3 Å². The van der Waals surface area contributed by atoms with E-state index in [9.17, 15) is 9.59 Å². The predicted octanol–water partition coefficient (Wildman–Crippen LogP) is 3.78. The summed E-state index contributed by atoms with van der Waals surface area (Å²) in [6.45, 7) is 2.43. The molecule has 1 saturated heterocycles. The molecule has 4 aromatic rings. The van der Waals surface area contributed by atoms with E-state index in [1.165, 1.54) is 11.3 Å². The van der Waals surface area contributed by atoms with Gasteiger partial charge in [-0.05, 0) is 35.9 Å². The maximum absolute atomic E-state index is 12.6. The third-order valence-corrected chi connectivity index (χ3v) is 6.55. The van der Waals surface area contributed by atoms with Gasteiger partial charge >= 0.3 is 6.09 Å². The van der Waals surface area contributed by atoms with Gasteiger partial charge in [-0.3, -0.25) is 9.89 Å². The Morgan fingerprint density at radius 3 is 2.71 bits per heavy atom. The Morgan fingerprint density at radius 2 is 1.91 bits per heavy atom. The molecule has 2 aromatic heterocycles. The summed E-state index contributed by atoms with van der Waals surface area (Å²) in [6, 6.07) is 12.5. The zero-order chi connectivity index (χ0) is 23.5. The van der Waals surface area contributed by atoms with Crippen LogP contribution in [0, 0.1) is 0 Å². The molecule has 0 spiro atoms. The lowest BCUT2D eigenvalue weighted by Crippen LogP contribution is -2.48. The topological polar surface area (TPSA) is 116 Å². The average Bonchev–Trinajstić information content (AvgIpc) is 3.53. The van der Waals surface area contributed by atoms with Crippen LogP contribution < -0.4 is 10.2 Å². The van der Waals surface area contributed by atoms with Crippen LogP contribution in [0.15, 0.2) is 47.8 Å². The lowest BCUT2D eigenvalue weighted by Gasteiger charge is -2.33. The monoisotopic (exact) mass is 497 g/mol. The molecule has 3 heterocycles. The molecule has 0 unspecified atom stereocenters. The highest BCUT2D eigenvalue weighted by Gasteiger charge is 2.24. The van der Waals surface area contributed by atoms with Crippen molar-refractivity contribution in [1.29, 1.82) is 0 Å². The van der Waals surface area contributed by atoms with Gasteiger partial charge in [0.25, 0.3) is 5.91 Å². The number of benzene rings is 2. The fourth-order valence-electron chi connectivity index (χ4n) is 3.53. The molecular formula is C22H20ClN7O3S. The van der Waals surface area contributed by atoms with E-state index < -0.39 is 0 Å². The van der Waals surface area contributed by atoms with Crippen molar-refractivity contribution in [2.45, 2.75) is 6.61 Å². The number of nitrogens with one attached hydrogen (secondary N) is 2. The minimum absolute atomic E-state index is 0.199. The molecule has 1 aliphatic rings. The molecule has 12 heteroatoms. The summed E-state index contributed by atoms with van der Waals surface area (Å²) in [7, 11) is 0. The standard InChI is InChI=1S/C22H20ClN7O3S/c23-15-3-1-14(2-4-15)12-33-22(32)30-9-7-29(8-10-30)21-25-19(13-34-21)20(31)24-16-5-6-17-18(11-16)27-28-26-17/h1-6,11,13H,7-10,12H2,(H,24,31)(H,26,27,28). The number of rotatable bonds is 5. The first kappa shape index (κ1) is 22.1. The van der Waals surface area contributed by atoms with Crippen LogP contribution in [0.2, 0.25) is 5.02 Å². The Hall–Kier alpha value is -3.70. The van der Waals surface area contributed by atoms with Crippen LogP contribution in [0.3, 0.4) is 0 Å². The van der Waals surface area contributed by atoms with Crippen LogP contribution >= 0.6 is 22.9 Å². The molecule has 0 atom stereocenters. The van der Waals surface area contributed by atoms with E-state index in [1.54, 1.807) is 40.6 Å². The van der Waals surface area contributed by atoms with Gasteiger partial charge in [0.1, 0.15) is 17.8 Å². The summed E-state index contributed by atoms with van der Waals surface area (Å²) in [5.41, 5.74) is 3.30. The number of amides is 2. The number of thiazole rings is 1. The second-order valence-electron chi connectivity index (χ2n) is 7.67. The number of hydrogen-bond donors (Lipinski definition) is 2. The molecule has 0 bridgehead atoms. The number of fused-ring (bicyclic) bond motifs is 1. The van der Waals surface area contributed by atoms with E-state index in [0.717, 1.165) is 16.2 Å². The third-order valence-electron chi connectivity index (χ3n) is 5.39. The maximum Gasteiger partial charge on any atom is 0.410 e. The van der Waals surface area contributed by atoms with E-state index in [4.69, 9.17) is 16.3 Å². The summed E-state index contributed by atoms with van der Waals surface area (Å²) in [6.07, 6.45) is -0.349. The molecule has 174 valence electrons. The highest BCUT2D eigenvalue weighted by atomic mass is 35.5. The number of anilines is 2. The Morgan fingerprint density at radius 1 is 1.12 bits per heavy atom. The maximum atomic E-state index is 12.6. The number of H-pyrrole nitrogens is 1. The smallest absolute Gasteiger partial charge is 0.410 e. The van der Waals surface area contributed by atoms with Gasteiger partial charge in [0, 0.05) is 42.3 Å². The van der Waals surface area contributed by atoms with Gasteiger partial charge in [0.2, 0.25) is 0 Å². The Kier molecular flexibility index (Phi) is 6.28. The first-order valence-electron chi connectivity index (χ1n) is 10.5. The SMILES string of the molecule is O=C(Nc1ccc2[nH]nnc2c1)c1csc(N2CCN(C(=O)OCc3ccc(Cl)cc3)CC2)n1. The lowest BCUT2D eigenvalue weighted by atomic mass is 10.2. The number of piperazine rings is 1. The molecule has 2 N–H and O–H groups in total. The Balaban J connectivity index is 1.12. The van der Waals surface area contributed by atoms with Crippen molar-refractivity contribution in [3.05, 3.63) is 64.1 Å². The summed E-state index contributed by atoms with van der Waals surface area (Å²) < 4.78 is 5.41. The van der Waals surface area contributed by atoms with E-state index in [0.29, 0.717) is 48.1 Å². The molecule has 34 heavy (non-hydrogen) atoms. The van der Waals surface area contributed by atoms with Gasteiger partial charge in [-0.15, -0.1) is 16.4 Å². The fraction of sp³-hybridized carbons (Fsp3) is 0.227. The molecule has 2 aromatic carbocycles. The highest BCUT2D eigenvalue weighted by molar-refractivity contribution is 7.14. The van der Waals surface area contributed by atoms with Crippen LogP contribution in [0.4, 0.5) is 15.6 Å². The van der Waals surface area contributed by atoms with E-state index in [2.05, 4.69) is 30.6 Å². The van der Waals surface area contributed by atoms with Gasteiger partial charge in [-0.2, -0.15) is 0 Å². The molecule has 10 nitrogen and oxygen atoms in total. The van der Waals surface area contributed by atoms with Gasteiger partial charge in [-0.1, -0.05) is 28.9 Å². The number of ether oxygens (including phenoxy) is 1. The first-order chi connectivity index (χ1) is 16.5. The summed E-state index contributed by atoms with van der Waals surface area (Å²) in [5.74, 6) is -0.297. The molecule has 0 saturated carbocycles. The zero-order valence-corrected chi connectivity index (χ0v) is 19.5. The quantitative estimate of drug-likeness (QED) is 0.431. The van der Waals surface area contributed by atoms with Gasteiger partial charge in [0.05, 0.1) is 5.52 Å². The summed E-state index contributed by atoms with van der Waals surface area (Å²) >= 11 is 7.28. The Labute approximate surface area is 203 Å². The van der Waals surface area contributed by atoms with Crippen molar-refractivity contribution in [3.8, 4) is 0 Å². The van der Waals surface area contributed by atoms with Crippen molar-refractivity contribution in [1.82, 2.24) is 25.3 Å². The number of aromatic amines is 1. The van der Waals surface area contributed by atoms with Crippen LogP contribution in [0.25, 0.3) is 11.0 Å². The second-order valence-corrected chi connectivity index (χ2v) is 8.94. The van der Waals surface area contributed by atoms with Crippen molar-refractivity contribution >= 4 is 56.8 Å². The number of halogens is 1. The molecular weight excluding hydrogens is 478 g/mol. The second kappa shape index (κ2) is 9.65. The lowest BCUT2D eigenvalue weighted by molar-refractivity contribution is 0.0942. The van der Waals surface area contributed by atoms with Crippen LogP contribution in [0.1, 0.15) is 16.1 Å². The predicted molar refractivity (Wildman–Crippen MR) is 129 cm³/mol. The molecule has 2 amide bonds. The molecule has 1 fully saturated rings. The van der Waals surface area contributed by atoms with E-state index >= 15 is 0 Å². The van der Waals surface area contributed by atoms with Crippen molar-refractivity contribution in [2.24, 2.45) is 0 Å². The Bertz CT molecular complexity index is 1320. The third kappa shape index (κ3) is 4.95. The van der Waals surface area contributed by atoms with Crippen molar-refractivity contribution in [2.75, 3.05) is 36.4 Å².